The van der Waals surface area contributed by atoms with Crippen LogP contribution in [-0.2, 0) is 11.3 Å². The number of aromatic nitrogens is 2. The van der Waals surface area contributed by atoms with Crippen molar-refractivity contribution in [3.8, 4) is 11.5 Å². The average molecular weight is 420 g/mol. The quantitative estimate of drug-likeness (QED) is 0.657. The highest BCUT2D eigenvalue weighted by atomic mass is 16.5. The summed E-state index contributed by atoms with van der Waals surface area (Å²) in [5.41, 5.74) is 0.515. The van der Waals surface area contributed by atoms with E-state index in [4.69, 9.17) is 9.26 Å². The number of hydrogen-bond acceptors (Lipinski definition) is 6. The molecule has 0 atom stereocenters. The third-order valence-electron chi connectivity index (χ3n) is 5.22. The molecule has 0 aliphatic carbocycles. The largest absolute Gasteiger partial charge is 0.457 e. The Hall–Kier alpha value is -3.68. The van der Waals surface area contributed by atoms with Gasteiger partial charge in [-0.25, -0.2) is 0 Å². The van der Waals surface area contributed by atoms with Crippen molar-refractivity contribution < 1.29 is 18.8 Å². The number of hydrogen-bond donors (Lipinski definition) is 1. The minimum atomic E-state index is -0.149. The predicted molar refractivity (Wildman–Crippen MR) is 112 cm³/mol. The summed E-state index contributed by atoms with van der Waals surface area (Å²) in [6.45, 7) is 2.96. The van der Waals surface area contributed by atoms with Crippen molar-refractivity contribution in [2.24, 2.45) is 5.92 Å². The number of aryl methyl sites for hydroxylation is 1. The summed E-state index contributed by atoms with van der Waals surface area (Å²) in [4.78, 5) is 31.4. The number of carbonyl (C=O) groups excluding carboxylic acids is 2. The molecule has 2 heterocycles. The van der Waals surface area contributed by atoms with E-state index >= 15 is 0 Å². The van der Waals surface area contributed by atoms with Gasteiger partial charge in [-0.3, -0.25) is 9.59 Å². The number of carbonyl (C=O) groups is 2. The Balaban J connectivity index is 1.33. The topological polar surface area (TPSA) is 97.6 Å². The summed E-state index contributed by atoms with van der Waals surface area (Å²) in [5.74, 6) is 1.82. The fourth-order valence-corrected chi connectivity index (χ4v) is 3.58. The Labute approximate surface area is 180 Å². The van der Waals surface area contributed by atoms with Gasteiger partial charge in [-0.2, -0.15) is 4.98 Å². The second-order valence-electron chi connectivity index (χ2n) is 7.43. The third-order valence-corrected chi connectivity index (χ3v) is 5.22. The molecule has 0 unspecified atom stereocenters. The molecule has 1 aromatic heterocycles. The molecule has 31 heavy (non-hydrogen) atoms. The highest BCUT2D eigenvalue weighted by Gasteiger charge is 2.29. The van der Waals surface area contributed by atoms with Gasteiger partial charge in [-0.15, -0.1) is 0 Å². The van der Waals surface area contributed by atoms with Crippen LogP contribution in [0.15, 0.2) is 59.1 Å². The lowest BCUT2D eigenvalue weighted by Crippen LogP contribution is -2.43. The van der Waals surface area contributed by atoms with Crippen LogP contribution in [0.2, 0.25) is 0 Å². The number of rotatable bonds is 6. The Morgan fingerprint density at radius 3 is 2.52 bits per heavy atom. The molecule has 1 N–H and O–H groups in total. The summed E-state index contributed by atoms with van der Waals surface area (Å²) in [5, 5.41) is 6.54. The van der Waals surface area contributed by atoms with Gasteiger partial charge in [-0.05, 0) is 44.0 Å². The maximum absolute atomic E-state index is 13.1. The minimum absolute atomic E-state index is 0.0595. The van der Waals surface area contributed by atoms with Gasteiger partial charge < -0.3 is 19.5 Å². The lowest BCUT2D eigenvalue weighted by molar-refractivity contribution is -0.126. The maximum Gasteiger partial charge on any atom is 0.257 e. The van der Waals surface area contributed by atoms with Crippen molar-refractivity contribution in [3.05, 3.63) is 71.9 Å². The summed E-state index contributed by atoms with van der Waals surface area (Å²) in [6, 6.07) is 16.6. The Kier molecular flexibility index (Phi) is 6.26. The van der Waals surface area contributed by atoms with Crippen LogP contribution < -0.4 is 10.1 Å². The molecule has 2 aromatic carbocycles. The van der Waals surface area contributed by atoms with Gasteiger partial charge in [0.25, 0.3) is 5.91 Å². The van der Waals surface area contributed by atoms with E-state index in [0.717, 1.165) is 0 Å². The molecule has 2 amide bonds. The van der Waals surface area contributed by atoms with Crippen LogP contribution in [0.5, 0.6) is 11.5 Å². The fraction of sp³-hybridized carbons (Fsp3) is 0.304. The first kappa shape index (κ1) is 20.6. The van der Waals surface area contributed by atoms with E-state index in [0.29, 0.717) is 54.7 Å². The van der Waals surface area contributed by atoms with Gasteiger partial charge >= 0.3 is 0 Å². The van der Waals surface area contributed by atoms with E-state index in [1.165, 1.54) is 0 Å². The van der Waals surface area contributed by atoms with Crippen molar-refractivity contribution in [1.82, 2.24) is 20.4 Å². The van der Waals surface area contributed by atoms with Crippen LogP contribution >= 0.6 is 0 Å². The Morgan fingerprint density at radius 1 is 1.10 bits per heavy atom. The van der Waals surface area contributed by atoms with E-state index in [1.54, 1.807) is 24.0 Å². The van der Waals surface area contributed by atoms with Gasteiger partial charge in [0.2, 0.25) is 11.8 Å². The van der Waals surface area contributed by atoms with Crippen LogP contribution in [0, 0.1) is 12.8 Å². The number of ether oxygens (including phenoxy) is 1. The Morgan fingerprint density at radius 2 is 1.81 bits per heavy atom. The standard InChI is InChI=1S/C23H24N4O4/c1-16-25-21(31-26-16)15-24-22(28)17-11-13-27(14-12-17)23(29)19-9-5-6-10-20(19)30-18-7-3-2-4-8-18/h2-10,17H,11-15H2,1H3,(H,24,28). The number of likely N-dealkylation sites (tertiary alicyclic amines) is 1. The van der Waals surface area contributed by atoms with Gasteiger partial charge in [-0.1, -0.05) is 35.5 Å². The van der Waals surface area contributed by atoms with Crippen LogP contribution in [0.3, 0.4) is 0 Å². The first-order valence-corrected chi connectivity index (χ1v) is 10.3. The average Bonchev–Trinajstić information content (AvgIpc) is 3.23. The summed E-state index contributed by atoms with van der Waals surface area (Å²) < 4.78 is 10.9. The molecule has 4 rings (SSSR count). The van der Waals surface area contributed by atoms with Crippen molar-refractivity contribution >= 4 is 11.8 Å². The number of nitrogens with one attached hydrogen (secondary N) is 1. The summed E-state index contributed by atoms with van der Waals surface area (Å²) in [7, 11) is 0. The molecule has 0 spiro atoms. The zero-order valence-electron chi connectivity index (χ0n) is 17.3. The molecule has 1 aliphatic heterocycles. The summed E-state index contributed by atoms with van der Waals surface area (Å²) in [6.07, 6.45) is 1.20. The molecule has 1 aliphatic rings. The smallest absolute Gasteiger partial charge is 0.257 e. The van der Waals surface area contributed by atoms with E-state index < -0.39 is 0 Å². The molecule has 8 nitrogen and oxygen atoms in total. The van der Waals surface area contributed by atoms with Crippen LogP contribution in [-0.4, -0.2) is 39.9 Å². The van der Waals surface area contributed by atoms with Crippen molar-refractivity contribution in [1.29, 1.82) is 0 Å². The molecule has 0 saturated carbocycles. The SMILES string of the molecule is Cc1noc(CNC(=O)C2CCN(C(=O)c3ccccc3Oc3ccccc3)CC2)n1. The fourth-order valence-electron chi connectivity index (χ4n) is 3.58. The van der Waals surface area contributed by atoms with Crippen LogP contribution in [0.4, 0.5) is 0 Å². The third kappa shape index (κ3) is 5.09. The zero-order valence-corrected chi connectivity index (χ0v) is 17.3. The number of piperidine rings is 1. The molecular weight excluding hydrogens is 396 g/mol. The van der Waals surface area contributed by atoms with Gasteiger partial charge in [0.15, 0.2) is 5.82 Å². The first-order valence-electron chi connectivity index (χ1n) is 10.3. The van der Waals surface area contributed by atoms with E-state index in [-0.39, 0.29) is 24.3 Å². The molecule has 1 fully saturated rings. The molecule has 3 aromatic rings. The highest BCUT2D eigenvalue weighted by molar-refractivity contribution is 5.97. The van der Waals surface area contributed by atoms with E-state index in [9.17, 15) is 9.59 Å². The van der Waals surface area contributed by atoms with Gasteiger partial charge in [0.05, 0.1) is 12.1 Å². The van der Waals surface area contributed by atoms with Crippen molar-refractivity contribution in [3.63, 3.8) is 0 Å². The van der Waals surface area contributed by atoms with Crippen molar-refractivity contribution in [2.75, 3.05) is 13.1 Å². The number of nitrogens with zero attached hydrogens (tertiary/aromatic N) is 3. The molecule has 0 bridgehead atoms. The van der Waals surface area contributed by atoms with Crippen molar-refractivity contribution in [2.45, 2.75) is 26.3 Å². The molecule has 1 saturated heterocycles. The lowest BCUT2D eigenvalue weighted by Gasteiger charge is -2.31. The second-order valence-corrected chi connectivity index (χ2v) is 7.43. The maximum atomic E-state index is 13.1. The Bertz CT molecular complexity index is 1040. The van der Waals surface area contributed by atoms with Crippen LogP contribution in [0.1, 0.15) is 34.9 Å². The monoisotopic (exact) mass is 420 g/mol. The zero-order chi connectivity index (χ0) is 21.6. The van der Waals surface area contributed by atoms with Gasteiger partial charge in [0, 0.05) is 19.0 Å². The molecule has 0 radical (unpaired) electrons. The molecule has 8 heteroatoms. The van der Waals surface area contributed by atoms with E-state index in [2.05, 4.69) is 15.5 Å². The van der Waals surface area contributed by atoms with E-state index in [1.807, 2.05) is 42.5 Å². The number of amides is 2. The lowest BCUT2D eigenvalue weighted by atomic mass is 9.95. The van der Waals surface area contributed by atoms with Gasteiger partial charge in [0.1, 0.15) is 11.5 Å². The number of para-hydroxylation sites is 2. The predicted octanol–water partition coefficient (Wildman–Crippen LogP) is 3.34. The highest BCUT2D eigenvalue weighted by Crippen LogP contribution is 2.27. The number of benzene rings is 2. The minimum Gasteiger partial charge on any atom is -0.457 e. The first-order chi connectivity index (χ1) is 15.1. The molecular formula is C23H24N4O4. The van der Waals surface area contributed by atoms with Crippen LogP contribution in [0.25, 0.3) is 0 Å². The normalized spacial score (nSPS) is 14.3. The summed E-state index contributed by atoms with van der Waals surface area (Å²) >= 11 is 0. The second kappa shape index (κ2) is 9.42. The molecule has 160 valence electrons.